The Hall–Kier alpha value is -0.680. The molecule has 0 aliphatic heterocycles. The topological polar surface area (TPSA) is 41.0 Å². The molecule has 0 spiro atoms. The molecule has 5 heteroatoms. The number of hydrogen-bond donors (Lipinski definition) is 1. The van der Waals surface area contributed by atoms with Crippen molar-refractivity contribution in [3.05, 3.63) is 17.0 Å². The number of halogens is 1. The highest BCUT2D eigenvalue weighted by molar-refractivity contribution is 9.10. The van der Waals surface area contributed by atoms with E-state index in [0.29, 0.717) is 0 Å². The van der Waals surface area contributed by atoms with Gasteiger partial charge in [-0.15, -0.1) is 0 Å². The van der Waals surface area contributed by atoms with Gasteiger partial charge in [-0.05, 0) is 43.9 Å². The zero-order valence-corrected chi connectivity index (χ0v) is 11.2. The van der Waals surface area contributed by atoms with E-state index >= 15 is 0 Å². The Morgan fingerprint density at radius 2 is 2.07 bits per heavy atom. The van der Waals surface area contributed by atoms with Gasteiger partial charge >= 0.3 is 0 Å². The molecule has 0 saturated heterocycles. The van der Waals surface area contributed by atoms with Crippen molar-refractivity contribution in [1.29, 1.82) is 0 Å². The Morgan fingerprint density at radius 3 is 2.60 bits per heavy atom. The number of nitrogens with one attached hydrogen (secondary N) is 1. The van der Waals surface area contributed by atoms with E-state index in [0.717, 1.165) is 17.0 Å². The lowest BCUT2D eigenvalue weighted by Crippen LogP contribution is -2.44. The average molecular weight is 273 g/mol. The predicted molar refractivity (Wildman–Crippen MR) is 66.0 cm³/mol. The molecule has 0 amide bonds. The van der Waals surface area contributed by atoms with Crippen LogP contribution < -0.4 is 5.32 Å². The SMILES string of the molecule is CN(C)C(C)(C)CNc1cc(Br)ncn1. The average Bonchev–Trinajstić information content (AvgIpc) is 2.15. The second kappa shape index (κ2) is 4.90. The zero-order chi connectivity index (χ0) is 11.5. The molecule has 0 radical (unpaired) electrons. The molecular formula is C10H17BrN4. The van der Waals surface area contributed by atoms with Crippen LogP contribution in [-0.2, 0) is 0 Å². The van der Waals surface area contributed by atoms with E-state index in [1.54, 1.807) is 0 Å². The van der Waals surface area contributed by atoms with E-state index < -0.39 is 0 Å². The maximum absolute atomic E-state index is 4.13. The Labute approximate surface area is 99.2 Å². The zero-order valence-electron chi connectivity index (χ0n) is 9.58. The standard InChI is InChI=1S/C10H17BrN4/c1-10(2,15(3)4)6-12-9-5-8(11)13-7-14-9/h5,7H,6H2,1-4H3,(H,12,13,14). The van der Waals surface area contributed by atoms with Crippen molar-refractivity contribution < 1.29 is 0 Å². The van der Waals surface area contributed by atoms with Gasteiger partial charge in [0.15, 0.2) is 0 Å². The van der Waals surface area contributed by atoms with Crippen LogP contribution in [0.15, 0.2) is 17.0 Å². The second-order valence-corrected chi connectivity index (χ2v) is 5.10. The first-order valence-electron chi connectivity index (χ1n) is 4.81. The molecule has 4 nitrogen and oxygen atoms in total. The van der Waals surface area contributed by atoms with Crippen LogP contribution in [0.1, 0.15) is 13.8 Å². The van der Waals surface area contributed by atoms with Gasteiger partial charge in [0.1, 0.15) is 16.7 Å². The van der Waals surface area contributed by atoms with Gasteiger partial charge in [0.2, 0.25) is 0 Å². The Morgan fingerprint density at radius 1 is 1.40 bits per heavy atom. The maximum atomic E-state index is 4.13. The highest BCUT2D eigenvalue weighted by atomic mass is 79.9. The smallest absolute Gasteiger partial charge is 0.130 e. The number of nitrogens with zero attached hydrogens (tertiary/aromatic N) is 3. The summed E-state index contributed by atoms with van der Waals surface area (Å²) in [5, 5.41) is 3.28. The van der Waals surface area contributed by atoms with Crippen LogP contribution in [0.3, 0.4) is 0 Å². The Balaban J connectivity index is 2.57. The highest BCUT2D eigenvalue weighted by Gasteiger charge is 2.19. The van der Waals surface area contributed by atoms with Gasteiger partial charge in [0, 0.05) is 18.2 Å². The van der Waals surface area contributed by atoms with Crippen molar-refractivity contribution in [2.24, 2.45) is 0 Å². The summed E-state index contributed by atoms with van der Waals surface area (Å²) >= 11 is 3.31. The third kappa shape index (κ3) is 3.76. The van der Waals surface area contributed by atoms with Crippen molar-refractivity contribution >= 4 is 21.7 Å². The molecule has 0 atom stereocenters. The summed E-state index contributed by atoms with van der Waals surface area (Å²) < 4.78 is 0.794. The highest BCUT2D eigenvalue weighted by Crippen LogP contribution is 2.13. The quantitative estimate of drug-likeness (QED) is 0.852. The van der Waals surface area contributed by atoms with E-state index in [4.69, 9.17) is 0 Å². The van der Waals surface area contributed by atoms with Crippen molar-refractivity contribution in [3.8, 4) is 0 Å². The molecule has 0 fully saturated rings. The van der Waals surface area contributed by atoms with E-state index in [9.17, 15) is 0 Å². The summed E-state index contributed by atoms with van der Waals surface area (Å²) in [6.45, 7) is 5.19. The first-order valence-corrected chi connectivity index (χ1v) is 5.60. The molecule has 15 heavy (non-hydrogen) atoms. The Kier molecular flexibility index (Phi) is 4.04. The largest absolute Gasteiger partial charge is 0.368 e. The van der Waals surface area contributed by atoms with Crippen molar-refractivity contribution in [2.45, 2.75) is 19.4 Å². The summed E-state index contributed by atoms with van der Waals surface area (Å²) in [4.78, 5) is 10.3. The normalized spacial score (nSPS) is 11.9. The summed E-state index contributed by atoms with van der Waals surface area (Å²) in [6, 6.07) is 1.87. The van der Waals surface area contributed by atoms with Gasteiger partial charge in [0.25, 0.3) is 0 Å². The van der Waals surface area contributed by atoms with Crippen LogP contribution in [0.25, 0.3) is 0 Å². The number of hydrogen-bond acceptors (Lipinski definition) is 4. The van der Waals surface area contributed by atoms with Crippen LogP contribution in [-0.4, -0.2) is 41.0 Å². The van der Waals surface area contributed by atoms with E-state index in [-0.39, 0.29) is 5.54 Å². The molecule has 0 aromatic carbocycles. The molecule has 1 aromatic heterocycles. The maximum Gasteiger partial charge on any atom is 0.130 e. The lowest BCUT2D eigenvalue weighted by atomic mass is 10.0. The van der Waals surface area contributed by atoms with Crippen molar-refractivity contribution in [3.63, 3.8) is 0 Å². The summed E-state index contributed by atoms with van der Waals surface area (Å²) in [5.74, 6) is 0.840. The molecule has 1 rings (SSSR count). The van der Waals surface area contributed by atoms with Crippen LogP contribution in [0.2, 0.25) is 0 Å². The minimum absolute atomic E-state index is 0.0947. The third-order valence-electron chi connectivity index (χ3n) is 2.55. The van der Waals surface area contributed by atoms with Crippen molar-refractivity contribution in [1.82, 2.24) is 14.9 Å². The fraction of sp³-hybridized carbons (Fsp3) is 0.600. The van der Waals surface area contributed by atoms with E-state index in [1.807, 2.05) is 6.07 Å². The first-order chi connectivity index (χ1) is 6.92. The van der Waals surface area contributed by atoms with Crippen LogP contribution in [0.4, 0.5) is 5.82 Å². The molecule has 0 aliphatic carbocycles. The van der Waals surface area contributed by atoms with Crippen LogP contribution in [0, 0.1) is 0 Å². The van der Waals surface area contributed by atoms with Gasteiger partial charge in [-0.3, -0.25) is 0 Å². The van der Waals surface area contributed by atoms with Gasteiger partial charge in [-0.2, -0.15) is 0 Å². The van der Waals surface area contributed by atoms with Gasteiger partial charge in [-0.25, -0.2) is 9.97 Å². The van der Waals surface area contributed by atoms with Gasteiger partial charge in [-0.1, -0.05) is 0 Å². The van der Waals surface area contributed by atoms with Gasteiger partial charge < -0.3 is 10.2 Å². The fourth-order valence-electron chi connectivity index (χ4n) is 0.895. The molecule has 1 N–H and O–H groups in total. The predicted octanol–water partition coefficient (Wildman–Crippen LogP) is 1.99. The lowest BCUT2D eigenvalue weighted by Gasteiger charge is -2.32. The number of anilines is 1. The van der Waals surface area contributed by atoms with Gasteiger partial charge in [0.05, 0.1) is 0 Å². The van der Waals surface area contributed by atoms with E-state index in [1.165, 1.54) is 6.33 Å². The molecule has 84 valence electrons. The minimum Gasteiger partial charge on any atom is -0.368 e. The second-order valence-electron chi connectivity index (χ2n) is 4.29. The molecule has 1 aromatic rings. The van der Waals surface area contributed by atoms with Crippen LogP contribution in [0.5, 0.6) is 0 Å². The number of likely N-dealkylation sites (N-methyl/N-ethyl adjacent to an activating group) is 1. The summed E-state index contributed by atoms with van der Waals surface area (Å²) in [7, 11) is 4.13. The van der Waals surface area contributed by atoms with Crippen LogP contribution >= 0.6 is 15.9 Å². The molecule has 1 heterocycles. The molecule has 0 saturated carbocycles. The number of rotatable bonds is 4. The molecule has 0 bridgehead atoms. The van der Waals surface area contributed by atoms with Crippen molar-refractivity contribution in [2.75, 3.05) is 26.0 Å². The third-order valence-corrected chi connectivity index (χ3v) is 2.98. The number of aromatic nitrogens is 2. The fourth-order valence-corrected chi connectivity index (χ4v) is 1.20. The molecule has 0 unspecified atom stereocenters. The monoisotopic (exact) mass is 272 g/mol. The molecule has 0 aliphatic rings. The Bertz CT molecular complexity index is 325. The summed E-state index contributed by atoms with van der Waals surface area (Å²) in [5.41, 5.74) is 0.0947. The minimum atomic E-state index is 0.0947. The first kappa shape index (κ1) is 12.4. The lowest BCUT2D eigenvalue weighted by molar-refractivity contribution is 0.210. The summed E-state index contributed by atoms with van der Waals surface area (Å²) in [6.07, 6.45) is 1.54. The van der Waals surface area contributed by atoms with E-state index in [2.05, 4.69) is 64.1 Å². The molecular weight excluding hydrogens is 256 g/mol.